The number of hydrogen-bond donors (Lipinski definition) is 2. The highest BCUT2D eigenvalue weighted by atomic mass is 19.3. The maximum Gasteiger partial charge on any atom is 0.329 e. The van der Waals surface area contributed by atoms with Crippen LogP contribution in [0.3, 0.4) is 0 Å². The van der Waals surface area contributed by atoms with Crippen molar-refractivity contribution in [2.45, 2.75) is 82.9 Å². The smallest absolute Gasteiger partial charge is 0.329 e. The topological polar surface area (TPSA) is 145 Å². The minimum atomic E-state index is -2.82. The van der Waals surface area contributed by atoms with E-state index < -0.39 is 30.0 Å². The fourth-order valence-corrected chi connectivity index (χ4v) is 7.98. The molecule has 0 spiro atoms. The quantitative estimate of drug-likeness (QED) is 0.186. The molecule has 3 aliphatic rings. The third kappa shape index (κ3) is 8.00. The van der Waals surface area contributed by atoms with Crippen molar-refractivity contribution in [3.8, 4) is 11.8 Å². The number of fused-ring (bicyclic) bond motifs is 1. The number of carbonyl (C=O) groups is 3. The summed E-state index contributed by atoms with van der Waals surface area (Å²) in [5.41, 5.74) is 1.97. The zero-order valence-corrected chi connectivity index (χ0v) is 30.4. The monoisotopic (exact) mass is 742 g/mol. The Bertz CT molecular complexity index is 2170. The normalized spacial score (nSPS) is 21.2. The summed E-state index contributed by atoms with van der Waals surface area (Å²) in [5.74, 6) is 5.42. The number of pyridine rings is 1. The van der Waals surface area contributed by atoms with Crippen molar-refractivity contribution in [3.05, 3.63) is 75.7 Å². The van der Waals surface area contributed by atoms with Gasteiger partial charge in [0.1, 0.15) is 18.3 Å². The van der Waals surface area contributed by atoms with Crippen LogP contribution in [-0.2, 0) is 21.4 Å². The Morgan fingerprint density at radius 1 is 1.04 bits per heavy atom. The van der Waals surface area contributed by atoms with Gasteiger partial charge in [-0.05, 0) is 82.1 Å². The molecule has 54 heavy (non-hydrogen) atoms. The number of rotatable bonds is 9. The number of ether oxygens (including phenoxy) is 1. The van der Waals surface area contributed by atoms with E-state index in [1.807, 2.05) is 6.07 Å². The molecule has 2 aliphatic heterocycles. The molecule has 3 aromatic heterocycles. The average molecular weight is 743 g/mol. The van der Waals surface area contributed by atoms with Crippen molar-refractivity contribution in [2.24, 2.45) is 13.0 Å². The number of halogens is 2. The first-order valence-electron chi connectivity index (χ1n) is 18.5. The highest BCUT2D eigenvalue weighted by Crippen LogP contribution is 2.35. The predicted molar refractivity (Wildman–Crippen MR) is 196 cm³/mol. The van der Waals surface area contributed by atoms with Crippen LogP contribution in [0, 0.1) is 24.7 Å². The number of carbonyl (C=O) groups excluding carboxylic acids is 3. The van der Waals surface area contributed by atoms with Gasteiger partial charge < -0.3 is 15.0 Å². The highest BCUT2D eigenvalue weighted by Gasteiger charge is 2.32. The summed E-state index contributed by atoms with van der Waals surface area (Å²) in [6, 6.07) is 9.68. The number of likely N-dealkylation sites (tertiary alicyclic amines) is 1. The van der Waals surface area contributed by atoms with Gasteiger partial charge in [0.2, 0.25) is 11.8 Å². The van der Waals surface area contributed by atoms with Gasteiger partial charge in [0, 0.05) is 45.0 Å². The van der Waals surface area contributed by atoms with Crippen molar-refractivity contribution in [1.29, 1.82) is 0 Å². The predicted octanol–water partition coefficient (Wildman–Crippen LogP) is 4.67. The van der Waals surface area contributed by atoms with E-state index in [9.17, 15) is 28.0 Å². The summed E-state index contributed by atoms with van der Waals surface area (Å²) in [4.78, 5) is 56.8. The molecule has 5 heterocycles. The van der Waals surface area contributed by atoms with E-state index in [-0.39, 0.29) is 54.6 Å². The van der Waals surface area contributed by atoms with Crippen LogP contribution in [0.4, 0.5) is 14.5 Å². The van der Waals surface area contributed by atoms with Crippen LogP contribution in [0.15, 0.2) is 47.4 Å². The van der Waals surface area contributed by atoms with Crippen LogP contribution < -0.4 is 16.3 Å². The number of imide groups is 1. The lowest BCUT2D eigenvalue weighted by Gasteiger charge is -2.36. The van der Waals surface area contributed by atoms with Crippen LogP contribution in [0.25, 0.3) is 11.0 Å². The Hall–Kier alpha value is -5.20. The van der Waals surface area contributed by atoms with Crippen LogP contribution in [-0.4, -0.2) is 78.9 Å². The molecule has 284 valence electrons. The molecule has 1 unspecified atom stereocenters. The SMILES string of the molecule is Cc1cccc(C(=O)Nc2cn([C@H]3CC[C@H](CN4CCC(OCC#Cc5cccc6c5n(C)c(=O)n6C5CCC(=O)NC5=O)CC4)CC3)nc2C(F)F)n1. The second kappa shape index (κ2) is 16.0. The largest absolute Gasteiger partial charge is 0.365 e. The lowest BCUT2D eigenvalue weighted by molar-refractivity contribution is -0.135. The van der Waals surface area contributed by atoms with E-state index in [1.54, 1.807) is 49.0 Å². The number of amides is 3. The summed E-state index contributed by atoms with van der Waals surface area (Å²) in [6.07, 6.45) is 4.61. The fraction of sp³-hybridized carbons (Fsp3) is 0.487. The summed E-state index contributed by atoms with van der Waals surface area (Å²) < 4.78 is 38.5. The van der Waals surface area contributed by atoms with E-state index in [4.69, 9.17) is 4.74 Å². The molecule has 3 fully saturated rings. The molecule has 2 saturated heterocycles. The molecule has 3 amide bonds. The molecule has 1 aromatic carbocycles. The van der Waals surface area contributed by atoms with Gasteiger partial charge >= 0.3 is 5.69 Å². The molecule has 7 rings (SSSR count). The Labute approximate surface area is 311 Å². The van der Waals surface area contributed by atoms with Gasteiger partial charge in [0.05, 0.1) is 34.4 Å². The molecule has 0 bridgehead atoms. The number of anilines is 1. The number of piperidine rings is 2. The Morgan fingerprint density at radius 2 is 1.80 bits per heavy atom. The number of nitrogens with one attached hydrogen (secondary N) is 2. The molecule has 15 heteroatoms. The van der Waals surface area contributed by atoms with Gasteiger partial charge in [-0.1, -0.05) is 24.0 Å². The summed E-state index contributed by atoms with van der Waals surface area (Å²) in [7, 11) is 1.66. The average Bonchev–Trinajstić information content (AvgIpc) is 3.69. The number of alkyl halides is 2. The molecule has 13 nitrogen and oxygen atoms in total. The van der Waals surface area contributed by atoms with Gasteiger partial charge in [-0.2, -0.15) is 5.10 Å². The maximum atomic E-state index is 13.9. The first-order valence-corrected chi connectivity index (χ1v) is 18.5. The molecule has 1 aliphatic carbocycles. The Morgan fingerprint density at radius 3 is 2.52 bits per heavy atom. The number of imidazole rings is 1. The summed E-state index contributed by atoms with van der Waals surface area (Å²) >= 11 is 0. The minimum Gasteiger partial charge on any atom is -0.365 e. The Kier molecular flexibility index (Phi) is 11.0. The zero-order chi connectivity index (χ0) is 37.9. The second-order valence-electron chi connectivity index (χ2n) is 14.5. The van der Waals surface area contributed by atoms with Crippen molar-refractivity contribution >= 4 is 34.4 Å². The van der Waals surface area contributed by atoms with E-state index in [0.717, 1.165) is 58.2 Å². The number of hydrogen-bond acceptors (Lipinski definition) is 8. The number of para-hydroxylation sites is 1. The second-order valence-corrected chi connectivity index (χ2v) is 14.5. The van der Waals surface area contributed by atoms with E-state index >= 15 is 0 Å². The van der Waals surface area contributed by atoms with Crippen LogP contribution in [0.2, 0.25) is 0 Å². The van der Waals surface area contributed by atoms with Gasteiger partial charge in [0.25, 0.3) is 12.3 Å². The standard InChI is InChI=1S/C39H44F2N8O5/c1-24-6-3-9-29(42-24)37(51)43-30-23-48(45-34(30)36(40)41)27-13-11-25(12-14-27)22-47-19-17-28(18-20-47)54-21-5-8-26-7-4-10-31-35(26)46(2)39(53)49(31)32-15-16-33(50)44-38(32)52/h3-4,6-7,9-10,23,25,27-28,32,36H,11-22H2,1-2H3,(H,43,51)(H,44,50,52)/t25-,27-,32?. The zero-order valence-electron chi connectivity index (χ0n) is 30.4. The van der Waals surface area contributed by atoms with Crippen molar-refractivity contribution in [3.63, 3.8) is 0 Å². The highest BCUT2D eigenvalue weighted by molar-refractivity contribution is 6.03. The van der Waals surface area contributed by atoms with Crippen molar-refractivity contribution < 1.29 is 27.9 Å². The molecule has 1 atom stereocenters. The molecule has 4 aromatic rings. The lowest BCUT2D eigenvalue weighted by Crippen LogP contribution is -2.44. The Balaban J connectivity index is 0.874. The third-order valence-corrected chi connectivity index (χ3v) is 10.8. The number of aryl methyl sites for hydroxylation is 2. The van der Waals surface area contributed by atoms with Gasteiger partial charge in [-0.25, -0.2) is 18.6 Å². The summed E-state index contributed by atoms with van der Waals surface area (Å²) in [5, 5.41) is 9.12. The van der Waals surface area contributed by atoms with Crippen LogP contribution >= 0.6 is 0 Å². The maximum absolute atomic E-state index is 13.9. The van der Waals surface area contributed by atoms with Crippen LogP contribution in [0.1, 0.15) is 97.3 Å². The van der Waals surface area contributed by atoms with E-state index in [2.05, 4.69) is 37.5 Å². The fourth-order valence-electron chi connectivity index (χ4n) is 7.98. The minimum absolute atomic E-state index is 0.0103. The van der Waals surface area contributed by atoms with Gasteiger partial charge in [-0.3, -0.25) is 33.5 Å². The lowest BCUT2D eigenvalue weighted by atomic mass is 9.85. The number of benzene rings is 1. The van der Waals surface area contributed by atoms with Gasteiger partial charge in [0.15, 0.2) is 5.69 Å². The first kappa shape index (κ1) is 37.1. The number of aromatic nitrogens is 5. The van der Waals surface area contributed by atoms with E-state index in [1.165, 1.54) is 15.3 Å². The molecule has 1 saturated carbocycles. The van der Waals surface area contributed by atoms with Crippen LogP contribution in [0.5, 0.6) is 0 Å². The molecule has 2 N–H and O–H groups in total. The first-order chi connectivity index (χ1) is 26.0. The van der Waals surface area contributed by atoms with Gasteiger partial charge in [-0.15, -0.1) is 0 Å². The third-order valence-electron chi connectivity index (χ3n) is 10.8. The van der Waals surface area contributed by atoms with E-state index in [0.29, 0.717) is 28.2 Å². The summed E-state index contributed by atoms with van der Waals surface area (Å²) in [6.45, 7) is 4.83. The molecule has 0 radical (unpaired) electrons. The van der Waals surface area contributed by atoms with Crippen molar-refractivity contribution in [1.82, 2.24) is 34.1 Å². The van der Waals surface area contributed by atoms with Crippen molar-refractivity contribution in [2.75, 3.05) is 31.6 Å². The molecular formula is C39H44F2N8O5. The number of nitrogens with zero attached hydrogens (tertiary/aromatic N) is 6. The molecular weight excluding hydrogens is 698 g/mol.